The molecule has 0 aromatic heterocycles. The summed E-state index contributed by atoms with van der Waals surface area (Å²) in [6.07, 6.45) is 0.854. The Hall–Kier alpha value is -2.18. The highest BCUT2D eigenvalue weighted by Gasteiger charge is 2.28. The van der Waals surface area contributed by atoms with E-state index < -0.39 is 16.0 Å². The Morgan fingerprint density at radius 1 is 1.22 bits per heavy atom. The smallest absolute Gasteiger partial charge is 0.335 e. The van der Waals surface area contributed by atoms with Crippen molar-refractivity contribution in [1.82, 2.24) is 4.72 Å². The first-order valence-electron chi connectivity index (χ1n) is 7.30. The van der Waals surface area contributed by atoms with Crippen molar-refractivity contribution >= 4 is 16.0 Å². The summed E-state index contributed by atoms with van der Waals surface area (Å²) in [6, 6.07) is 12.2. The fourth-order valence-electron chi connectivity index (χ4n) is 2.97. The second kappa shape index (κ2) is 5.79. The van der Waals surface area contributed by atoms with Gasteiger partial charge in [-0.05, 0) is 42.2 Å². The minimum atomic E-state index is -3.73. The van der Waals surface area contributed by atoms with E-state index in [9.17, 15) is 13.2 Å². The van der Waals surface area contributed by atoms with Crippen molar-refractivity contribution in [2.75, 3.05) is 6.54 Å². The van der Waals surface area contributed by atoms with Crippen LogP contribution in [0.1, 0.15) is 33.0 Å². The van der Waals surface area contributed by atoms with Gasteiger partial charge in [0.2, 0.25) is 10.0 Å². The quantitative estimate of drug-likeness (QED) is 0.881. The predicted octanol–water partition coefficient (Wildman–Crippen LogP) is 2.31. The van der Waals surface area contributed by atoms with Crippen LogP contribution in [0.4, 0.5) is 0 Å². The van der Waals surface area contributed by atoms with Crippen molar-refractivity contribution in [2.45, 2.75) is 24.2 Å². The van der Waals surface area contributed by atoms with E-state index in [-0.39, 0.29) is 21.9 Å². The molecule has 0 fully saturated rings. The van der Waals surface area contributed by atoms with Crippen LogP contribution in [0.25, 0.3) is 0 Å². The number of carboxylic acids is 1. The maximum atomic E-state index is 12.5. The minimum absolute atomic E-state index is 0.00173. The van der Waals surface area contributed by atoms with E-state index in [1.54, 1.807) is 0 Å². The van der Waals surface area contributed by atoms with Crippen molar-refractivity contribution in [3.8, 4) is 0 Å². The Labute approximate surface area is 135 Å². The van der Waals surface area contributed by atoms with Crippen LogP contribution in [0.5, 0.6) is 0 Å². The first-order valence-corrected chi connectivity index (χ1v) is 8.79. The monoisotopic (exact) mass is 331 g/mol. The van der Waals surface area contributed by atoms with Crippen molar-refractivity contribution in [3.63, 3.8) is 0 Å². The lowest BCUT2D eigenvalue weighted by Crippen LogP contribution is -2.33. The number of sulfonamides is 1. The molecule has 6 heteroatoms. The van der Waals surface area contributed by atoms with Gasteiger partial charge in [0, 0.05) is 12.5 Å². The highest BCUT2D eigenvalue weighted by atomic mass is 32.2. The number of carbonyl (C=O) groups is 1. The topological polar surface area (TPSA) is 83.5 Å². The Morgan fingerprint density at radius 2 is 1.96 bits per heavy atom. The third-order valence-corrected chi connectivity index (χ3v) is 5.85. The van der Waals surface area contributed by atoms with Crippen molar-refractivity contribution in [3.05, 3.63) is 64.7 Å². The van der Waals surface area contributed by atoms with Gasteiger partial charge in [0.25, 0.3) is 0 Å². The molecule has 1 atom stereocenters. The first-order chi connectivity index (χ1) is 10.9. The molecular formula is C17H17NO4S. The van der Waals surface area contributed by atoms with Gasteiger partial charge in [-0.15, -0.1) is 0 Å². The van der Waals surface area contributed by atoms with Gasteiger partial charge in [0.15, 0.2) is 0 Å². The van der Waals surface area contributed by atoms with Crippen LogP contribution in [-0.4, -0.2) is 26.0 Å². The van der Waals surface area contributed by atoms with Crippen molar-refractivity contribution < 1.29 is 18.3 Å². The number of hydrogen-bond donors (Lipinski definition) is 2. The maximum absolute atomic E-state index is 12.5. The third-order valence-electron chi connectivity index (χ3n) is 4.29. The summed E-state index contributed by atoms with van der Waals surface area (Å²) < 4.78 is 27.6. The minimum Gasteiger partial charge on any atom is -0.478 e. The molecule has 0 bridgehead atoms. The Kier molecular flexibility index (Phi) is 3.95. The SMILES string of the molecule is Cc1c(C(=O)O)cccc1S(=O)(=O)NCC1Cc2ccccc21. The molecule has 0 radical (unpaired) electrons. The summed E-state index contributed by atoms with van der Waals surface area (Å²) in [5.41, 5.74) is 2.68. The zero-order valence-corrected chi connectivity index (χ0v) is 13.4. The molecule has 2 aromatic rings. The average Bonchev–Trinajstić information content (AvgIpc) is 2.47. The Bertz CT molecular complexity index is 874. The van der Waals surface area contributed by atoms with Gasteiger partial charge in [-0.25, -0.2) is 17.9 Å². The summed E-state index contributed by atoms with van der Waals surface area (Å²) in [5.74, 6) is -0.962. The third kappa shape index (κ3) is 2.87. The lowest BCUT2D eigenvalue weighted by Gasteiger charge is -2.30. The molecule has 1 unspecified atom stereocenters. The van der Waals surface area contributed by atoms with Gasteiger partial charge in [0.1, 0.15) is 0 Å². The van der Waals surface area contributed by atoms with Crippen molar-refractivity contribution in [2.24, 2.45) is 0 Å². The summed E-state index contributed by atoms with van der Waals surface area (Å²) in [6.45, 7) is 1.83. The van der Waals surface area contributed by atoms with E-state index in [2.05, 4.69) is 4.72 Å². The first kappa shape index (κ1) is 15.7. The molecule has 5 nitrogen and oxygen atoms in total. The van der Waals surface area contributed by atoms with Gasteiger partial charge in [-0.2, -0.15) is 0 Å². The fraction of sp³-hybridized carbons (Fsp3) is 0.235. The van der Waals surface area contributed by atoms with E-state index in [0.717, 1.165) is 6.42 Å². The molecule has 0 saturated heterocycles. The normalized spacial score (nSPS) is 16.5. The van der Waals surface area contributed by atoms with Gasteiger partial charge < -0.3 is 5.11 Å². The molecule has 3 rings (SSSR count). The lowest BCUT2D eigenvalue weighted by atomic mass is 9.78. The van der Waals surface area contributed by atoms with Crippen LogP contribution in [0, 0.1) is 6.92 Å². The number of aromatic carboxylic acids is 1. The fourth-order valence-corrected chi connectivity index (χ4v) is 4.32. The summed E-state index contributed by atoms with van der Waals surface area (Å²) >= 11 is 0. The van der Waals surface area contributed by atoms with E-state index in [4.69, 9.17) is 5.11 Å². The number of benzene rings is 2. The summed E-state index contributed by atoms with van der Waals surface area (Å²) in [7, 11) is -3.73. The standard InChI is InChI=1S/C17H17NO4S/c1-11-14(17(19)20)7-4-8-16(11)23(21,22)18-10-13-9-12-5-2-3-6-15(12)13/h2-8,13,18H,9-10H2,1H3,(H,19,20). The number of hydrogen-bond acceptors (Lipinski definition) is 3. The average molecular weight is 331 g/mol. The van der Waals surface area contributed by atoms with E-state index >= 15 is 0 Å². The van der Waals surface area contributed by atoms with Crippen LogP contribution in [-0.2, 0) is 16.4 Å². The van der Waals surface area contributed by atoms with E-state index in [1.807, 2.05) is 24.3 Å². The van der Waals surface area contributed by atoms with Gasteiger partial charge in [-0.1, -0.05) is 30.3 Å². The van der Waals surface area contributed by atoms with Crippen LogP contribution in [0.2, 0.25) is 0 Å². The molecule has 0 amide bonds. The molecule has 0 heterocycles. The molecule has 0 saturated carbocycles. The molecule has 120 valence electrons. The number of carboxylic acid groups (broad SMARTS) is 1. The number of rotatable bonds is 5. The largest absolute Gasteiger partial charge is 0.478 e. The Balaban J connectivity index is 1.79. The number of nitrogens with one attached hydrogen (secondary N) is 1. The highest BCUT2D eigenvalue weighted by Crippen LogP contribution is 2.34. The molecule has 23 heavy (non-hydrogen) atoms. The molecular weight excluding hydrogens is 314 g/mol. The maximum Gasteiger partial charge on any atom is 0.335 e. The molecule has 0 spiro atoms. The van der Waals surface area contributed by atoms with E-state index in [0.29, 0.717) is 6.54 Å². The zero-order chi connectivity index (χ0) is 16.6. The Morgan fingerprint density at radius 3 is 2.65 bits per heavy atom. The molecule has 2 N–H and O–H groups in total. The van der Waals surface area contributed by atoms with Gasteiger partial charge in [0.05, 0.1) is 10.5 Å². The van der Waals surface area contributed by atoms with Crippen LogP contribution in [0.15, 0.2) is 47.4 Å². The van der Waals surface area contributed by atoms with E-state index in [1.165, 1.54) is 36.2 Å². The summed E-state index contributed by atoms with van der Waals surface area (Å²) in [5, 5.41) is 9.12. The second-order valence-corrected chi connectivity index (χ2v) is 7.42. The van der Waals surface area contributed by atoms with Crippen molar-refractivity contribution in [1.29, 1.82) is 0 Å². The summed E-state index contributed by atoms with van der Waals surface area (Å²) in [4.78, 5) is 11.2. The molecule has 2 aromatic carbocycles. The van der Waals surface area contributed by atoms with Crippen LogP contribution >= 0.6 is 0 Å². The number of fused-ring (bicyclic) bond motifs is 1. The van der Waals surface area contributed by atoms with Crippen LogP contribution in [0.3, 0.4) is 0 Å². The predicted molar refractivity (Wildman–Crippen MR) is 86.2 cm³/mol. The van der Waals surface area contributed by atoms with Gasteiger partial charge in [-0.3, -0.25) is 0 Å². The van der Waals surface area contributed by atoms with Crippen LogP contribution < -0.4 is 4.72 Å². The molecule has 1 aliphatic carbocycles. The highest BCUT2D eigenvalue weighted by molar-refractivity contribution is 7.89. The zero-order valence-electron chi connectivity index (χ0n) is 12.6. The molecule has 0 aliphatic heterocycles. The second-order valence-electron chi connectivity index (χ2n) is 5.69. The van der Waals surface area contributed by atoms with Gasteiger partial charge >= 0.3 is 5.97 Å². The molecule has 1 aliphatic rings. The lowest BCUT2D eigenvalue weighted by molar-refractivity contribution is 0.0696.